The lowest BCUT2D eigenvalue weighted by Gasteiger charge is -2.09. The first kappa shape index (κ1) is 10.3. The highest BCUT2D eigenvalue weighted by atomic mass is 19.1. The van der Waals surface area contributed by atoms with Crippen molar-refractivity contribution in [3.8, 4) is 5.69 Å². The fourth-order valence-electron chi connectivity index (χ4n) is 2.19. The van der Waals surface area contributed by atoms with Gasteiger partial charge in [0.1, 0.15) is 5.82 Å². The average molecular weight is 232 g/mol. The molecule has 0 aliphatic heterocycles. The lowest BCUT2D eigenvalue weighted by Crippen LogP contribution is -2.19. The predicted molar refractivity (Wildman–Crippen MR) is 62.9 cm³/mol. The van der Waals surface area contributed by atoms with Gasteiger partial charge < -0.3 is 0 Å². The molecule has 0 saturated heterocycles. The number of hydrogen-bond donors (Lipinski definition) is 0. The normalized spacial score (nSPS) is 15.2. The molecule has 0 spiro atoms. The Labute approximate surface area is 98.1 Å². The van der Waals surface area contributed by atoms with Crippen LogP contribution in [0.2, 0.25) is 0 Å². The molecule has 17 heavy (non-hydrogen) atoms. The molecule has 0 amide bonds. The van der Waals surface area contributed by atoms with Crippen LogP contribution >= 0.6 is 0 Å². The van der Waals surface area contributed by atoms with Gasteiger partial charge in [0.15, 0.2) is 0 Å². The number of rotatable bonds is 2. The summed E-state index contributed by atoms with van der Waals surface area (Å²) in [5.41, 5.74) is 1.71. The van der Waals surface area contributed by atoms with Gasteiger partial charge in [0, 0.05) is 24.7 Å². The largest absolute Gasteiger partial charge is 0.285 e. The zero-order valence-corrected chi connectivity index (χ0v) is 9.56. The summed E-state index contributed by atoms with van der Waals surface area (Å²) in [7, 11) is 1.87. The molecular weight excluding hydrogens is 219 g/mol. The van der Waals surface area contributed by atoms with Crippen LogP contribution < -0.4 is 5.56 Å². The molecular formula is C13H13FN2O. The second-order valence-corrected chi connectivity index (χ2v) is 4.49. The van der Waals surface area contributed by atoms with Crippen molar-refractivity contribution in [1.29, 1.82) is 0 Å². The van der Waals surface area contributed by atoms with Gasteiger partial charge in [0.2, 0.25) is 0 Å². The molecule has 1 aliphatic rings. The Balaban J connectivity index is 2.13. The Morgan fingerprint density at radius 3 is 2.47 bits per heavy atom. The van der Waals surface area contributed by atoms with E-state index in [4.69, 9.17) is 0 Å². The van der Waals surface area contributed by atoms with Crippen molar-refractivity contribution in [3.63, 3.8) is 0 Å². The van der Waals surface area contributed by atoms with E-state index < -0.39 is 0 Å². The monoisotopic (exact) mass is 232 g/mol. The summed E-state index contributed by atoms with van der Waals surface area (Å²) < 4.78 is 16.3. The Hall–Kier alpha value is -1.84. The van der Waals surface area contributed by atoms with Crippen molar-refractivity contribution in [1.82, 2.24) is 9.36 Å². The molecule has 1 aromatic carbocycles. The van der Waals surface area contributed by atoms with Crippen LogP contribution in [-0.4, -0.2) is 9.36 Å². The minimum atomic E-state index is -0.293. The van der Waals surface area contributed by atoms with Crippen LogP contribution in [0.4, 0.5) is 4.39 Å². The predicted octanol–water partition coefficient (Wildman–Crippen LogP) is 2.19. The third-order valence-electron chi connectivity index (χ3n) is 3.22. The molecule has 0 N–H and O–H groups in total. The summed E-state index contributed by atoms with van der Waals surface area (Å²) in [6.07, 6.45) is 2.31. The smallest absolute Gasteiger partial charge is 0.271 e. The highest BCUT2D eigenvalue weighted by Gasteiger charge is 2.28. The molecule has 1 aliphatic carbocycles. The number of aromatic nitrogens is 2. The Morgan fingerprint density at radius 2 is 1.88 bits per heavy atom. The maximum atomic E-state index is 12.9. The standard InChI is InChI=1S/C13H13FN2O/c1-15-12(9-2-3-9)8-13(17)16(15)11-6-4-10(14)5-7-11/h4-9H,2-3H2,1H3. The van der Waals surface area contributed by atoms with Gasteiger partial charge in [-0.2, -0.15) is 0 Å². The topological polar surface area (TPSA) is 26.9 Å². The molecule has 0 unspecified atom stereocenters. The van der Waals surface area contributed by atoms with Crippen molar-refractivity contribution in [2.24, 2.45) is 7.05 Å². The van der Waals surface area contributed by atoms with Gasteiger partial charge >= 0.3 is 0 Å². The van der Waals surface area contributed by atoms with Crippen molar-refractivity contribution in [2.75, 3.05) is 0 Å². The van der Waals surface area contributed by atoms with E-state index in [1.165, 1.54) is 12.1 Å². The molecule has 2 aromatic rings. The summed E-state index contributed by atoms with van der Waals surface area (Å²) in [4.78, 5) is 11.9. The minimum absolute atomic E-state index is 0.0546. The summed E-state index contributed by atoms with van der Waals surface area (Å²) in [5, 5.41) is 0. The first-order chi connectivity index (χ1) is 8.16. The summed E-state index contributed by atoms with van der Waals surface area (Å²) in [5.74, 6) is 0.229. The molecule has 1 heterocycles. The molecule has 3 rings (SSSR count). The van der Waals surface area contributed by atoms with E-state index in [0.29, 0.717) is 11.6 Å². The molecule has 0 bridgehead atoms. The molecule has 1 aromatic heterocycles. The lowest BCUT2D eigenvalue weighted by atomic mass is 10.3. The Bertz CT molecular complexity index is 605. The van der Waals surface area contributed by atoms with Gasteiger partial charge in [0.05, 0.1) is 5.69 Å². The van der Waals surface area contributed by atoms with Crippen LogP contribution in [0.5, 0.6) is 0 Å². The van der Waals surface area contributed by atoms with E-state index in [2.05, 4.69) is 0 Å². The highest BCUT2D eigenvalue weighted by molar-refractivity contribution is 5.32. The Kier molecular flexibility index (Phi) is 2.18. The first-order valence-corrected chi connectivity index (χ1v) is 5.72. The second-order valence-electron chi connectivity index (χ2n) is 4.49. The van der Waals surface area contributed by atoms with Gasteiger partial charge in [0.25, 0.3) is 5.56 Å². The van der Waals surface area contributed by atoms with Crippen LogP contribution in [-0.2, 0) is 7.05 Å². The van der Waals surface area contributed by atoms with Crippen LogP contribution in [0.25, 0.3) is 5.69 Å². The van der Waals surface area contributed by atoms with Crippen molar-refractivity contribution < 1.29 is 4.39 Å². The van der Waals surface area contributed by atoms with Crippen LogP contribution in [0.1, 0.15) is 24.5 Å². The van der Waals surface area contributed by atoms with E-state index in [1.54, 1.807) is 22.9 Å². The quantitative estimate of drug-likeness (QED) is 0.779. The molecule has 1 saturated carbocycles. The van der Waals surface area contributed by atoms with E-state index in [-0.39, 0.29) is 11.4 Å². The van der Waals surface area contributed by atoms with Gasteiger partial charge in [-0.15, -0.1) is 0 Å². The zero-order valence-electron chi connectivity index (χ0n) is 9.56. The van der Waals surface area contributed by atoms with Gasteiger partial charge in [-0.25, -0.2) is 9.07 Å². The van der Waals surface area contributed by atoms with Crippen molar-refractivity contribution in [3.05, 3.63) is 52.2 Å². The third-order valence-corrected chi connectivity index (χ3v) is 3.22. The summed E-state index contributed by atoms with van der Waals surface area (Å²) in [6, 6.07) is 7.65. The molecule has 0 radical (unpaired) electrons. The number of halogens is 1. The molecule has 88 valence electrons. The molecule has 3 nitrogen and oxygen atoms in total. The van der Waals surface area contributed by atoms with Crippen LogP contribution in [0.15, 0.2) is 35.1 Å². The fraction of sp³-hybridized carbons (Fsp3) is 0.308. The minimum Gasteiger partial charge on any atom is -0.285 e. The molecule has 1 fully saturated rings. The van der Waals surface area contributed by atoms with Crippen molar-refractivity contribution in [2.45, 2.75) is 18.8 Å². The fourth-order valence-corrected chi connectivity index (χ4v) is 2.19. The average Bonchev–Trinajstić information content (AvgIpc) is 3.09. The second kappa shape index (κ2) is 3.58. The van der Waals surface area contributed by atoms with Crippen LogP contribution in [0, 0.1) is 5.82 Å². The van der Waals surface area contributed by atoms with Crippen LogP contribution in [0.3, 0.4) is 0 Å². The maximum Gasteiger partial charge on any atom is 0.271 e. The van der Waals surface area contributed by atoms with E-state index in [1.807, 2.05) is 11.7 Å². The van der Waals surface area contributed by atoms with Gasteiger partial charge in [-0.05, 0) is 37.1 Å². The number of nitrogens with zero attached hydrogens (tertiary/aromatic N) is 2. The summed E-state index contributed by atoms with van der Waals surface area (Å²) >= 11 is 0. The SMILES string of the molecule is Cn1c(C2CC2)cc(=O)n1-c1ccc(F)cc1. The first-order valence-electron chi connectivity index (χ1n) is 5.72. The van der Waals surface area contributed by atoms with E-state index in [9.17, 15) is 9.18 Å². The Morgan fingerprint density at radius 1 is 1.24 bits per heavy atom. The summed E-state index contributed by atoms with van der Waals surface area (Å²) in [6.45, 7) is 0. The maximum absolute atomic E-state index is 12.9. The molecule has 4 heteroatoms. The van der Waals surface area contributed by atoms with Crippen molar-refractivity contribution >= 4 is 0 Å². The zero-order chi connectivity index (χ0) is 12.0. The number of benzene rings is 1. The lowest BCUT2D eigenvalue weighted by molar-refractivity contribution is 0.607. The van der Waals surface area contributed by atoms with E-state index in [0.717, 1.165) is 18.5 Å². The van der Waals surface area contributed by atoms with Gasteiger partial charge in [-0.3, -0.25) is 9.48 Å². The molecule has 0 atom stereocenters. The van der Waals surface area contributed by atoms with Gasteiger partial charge in [-0.1, -0.05) is 0 Å². The number of hydrogen-bond acceptors (Lipinski definition) is 1. The van der Waals surface area contributed by atoms with E-state index >= 15 is 0 Å². The highest BCUT2D eigenvalue weighted by Crippen LogP contribution is 2.39. The third kappa shape index (κ3) is 1.69.